The normalized spacial score (nSPS) is 16.2. The summed E-state index contributed by atoms with van der Waals surface area (Å²) in [5.41, 5.74) is 2.73. The number of para-hydroxylation sites is 1. The van der Waals surface area contributed by atoms with Crippen LogP contribution >= 0.6 is 0 Å². The predicted octanol–water partition coefficient (Wildman–Crippen LogP) is 2.75. The van der Waals surface area contributed by atoms with Crippen molar-refractivity contribution in [2.24, 2.45) is 5.92 Å². The number of amides is 2. The summed E-state index contributed by atoms with van der Waals surface area (Å²) in [5.74, 6) is -0.334. The van der Waals surface area contributed by atoms with E-state index < -0.39 is 6.09 Å². The van der Waals surface area contributed by atoms with Crippen LogP contribution in [-0.2, 0) is 22.6 Å². The van der Waals surface area contributed by atoms with Crippen molar-refractivity contribution in [1.82, 2.24) is 5.32 Å². The van der Waals surface area contributed by atoms with Gasteiger partial charge in [-0.3, -0.25) is 9.69 Å². The second kappa shape index (κ2) is 7.17. The van der Waals surface area contributed by atoms with E-state index in [-0.39, 0.29) is 18.4 Å². The number of rotatable bonds is 3. The first-order valence-electron chi connectivity index (χ1n) is 7.96. The van der Waals surface area contributed by atoms with Gasteiger partial charge in [0, 0.05) is 13.6 Å². The summed E-state index contributed by atoms with van der Waals surface area (Å²) in [4.78, 5) is 26.2. The quantitative estimate of drug-likeness (QED) is 0.944. The molecule has 0 saturated carbocycles. The minimum Gasteiger partial charge on any atom is -0.444 e. The van der Waals surface area contributed by atoms with E-state index in [2.05, 4.69) is 5.32 Å². The zero-order valence-corrected chi connectivity index (χ0v) is 13.6. The van der Waals surface area contributed by atoms with Crippen LogP contribution in [-0.4, -0.2) is 25.6 Å². The van der Waals surface area contributed by atoms with Gasteiger partial charge in [0.25, 0.3) is 0 Å². The molecule has 2 aromatic carbocycles. The molecule has 5 nitrogen and oxygen atoms in total. The third kappa shape index (κ3) is 3.40. The van der Waals surface area contributed by atoms with E-state index in [9.17, 15) is 9.59 Å². The first kappa shape index (κ1) is 16.1. The number of hydrogen-bond donors (Lipinski definition) is 1. The van der Waals surface area contributed by atoms with Crippen molar-refractivity contribution in [3.8, 4) is 0 Å². The van der Waals surface area contributed by atoms with Gasteiger partial charge in [-0.1, -0.05) is 48.5 Å². The van der Waals surface area contributed by atoms with Gasteiger partial charge in [0.1, 0.15) is 6.61 Å². The number of hydrogen-bond acceptors (Lipinski definition) is 3. The van der Waals surface area contributed by atoms with Crippen LogP contribution in [0.25, 0.3) is 0 Å². The lowest BCUT2D eigenvalue weighted by Gasteiger charge is -2.33. The fraction of sp³-hybridized carbons (Fsp3) is 0.263. The average Bonchev–Trinajstić information content (AvgIpc) is 2.65. The van der Waals surface area contributed by atoms with E-state index in [1.807, 2.05) is 54.6 Å². The number of benzene rings is 2. The number of nitrogens with zero attached hydrogens (tertiary/aromatic N) is 1. The molecule has 1 unspecified atom stereocenters. The summed E-state index contributed by atoms with van der Waals surface area (Å²) in [6.45, 7) is 0.535. The Bertz CT molecular complexity index is 730. The van der Waals surface area contributed by atoms with Crippen molar-refractivity contribution in [3.63, 3.8) is 0 Å². The van der Waals surface area contributed by atoms with Crippen molar-refractivity contribution in [2.45, 2.75) is 13.0 Å². The third-order valence-corrected chi connectivity index (χ3v) is 4.19. The van der Waals surface area contributed by atoms with Gasteiger partial charge in [-0.25, -0.2) is 4.79 Å². The zero-order chi connectivity index (χ0) is 16.9. The van der Waals surface area contributed by atoms with Crippen molar-refractivity contribution < 1.29 is 14.3 Å². The summed E-state index contributed by atoms with van der Waals surface area (Å²) >= 11 is 0. The lowest BCUT2D eigenvalue weighted by Crippen LogP contribution is -2.45. The first-order chi connectivity index (χ1) is 11.7. The fourth-order valence-electron chi connectivity index (χ4n) is 2.95. The second-order valence-corrected chi connectivity index (χ2v) is 5.79. The molecule has 0 saturated heterocycles. The molecular weight excluding hydrogens is 304 g/mol. The Morgan fingerprint density at radius 3 is 2.58 bits per heavy atom. The fourth-order valence-corrected chi connectivity index (χ4v) is 2.95. The summed E-state index contributed by atoms with van der Waals surface area (Å²) in [6, 6.07) is 17.2. The molecule has 1 atom stereocenters. The van der Waals surface area contributed by atoms with Crippen LogP contribution in [0.4, 0.5) is 10.5 Å². The van der Waals surface area contributed by atoms with Gasteiger partial charge >= 0.3 is 6.09 Å². The molecule has 0 radical (unpaired) electrons. The number of ether oxygens (including phenoxy) is 1. The molecule has 1 N–H and O–H groups in total. The van der Waals surface area contributed by atoms with Crippen molar-refractivity contribution in [3.05, 3.63) is 65.7 Å². The maximum Gasteiger partial charge on any atom is 0.414 e. The van der Waals surface area contributed by atoms with Gasteiger partial charge in [-0.2, -0.15) is 0 Å². The molecule has 0 fully saturated rings. The Morgan fingerprint density at radius 2 is 1.83 bits per heavy atom. The lowest BCUT2D eigenvalue weighted by atomic mass is 9.92. The number of carbonyl (C=O) groups excluding carboxylic acids is 2. The van der Waals surface area contributed by atoms with Crippen molar-refractivity contribution >= 4 is 17.7 Å². The standard InChI is InChI=1S/C19H20N2O3/c1-20-18(22)16-11-15-9-5-6-10-17(15)21(12-16)19(23)24-13-14-7-3-2-4-8-14/h2-10,16H,11-13H2,1H3,(H,20,22). The topological polar surface area (TPSA) is 58.6 Å². The van der Waals surface area contributed by atoms with Crippen LogP contribution < -0.4 is 10.2 Å². The molecule has 124 valence electrons. The Labute approximate surface area is 141 Å². The molecule has 0 bridgehead atoms. The van der Waals surface area contributed by atoms with E-state index in [1.54, 1.807) is 11.9 Å². The van der Waals surface area contributed by atoms with Crippen molar-refractivity contribution in [1.29, 1.82) is 0 Å². The largest absolute Gasteiger partial charge is 0.444 e. The number of fused-ring (bicyclic) bond motifs is 1. The number of nitrogens with one attached hydrogen (secondary N) is 1. The summed E-state index contributed by atoms with van der Waals surface area (Å²) in [6.07, 6.45) is 0.193. The molecule has 0 aliphatic carbocycles. The second-order valence-electron chi connectivity index (χ2n) is 5.79. The van der Waals surface area contributed by atoms with E-state index in [0.29, 0.717) is 13.0 Å². The number of carbonyl (C=O) groups is 2. The third-order valence-electron chi connectivity index (χ3n) is 4.19. The highest BCUT2D eigenvalue weighted by Crippen LogP contribution is 2.30. The Kier molecular flexibility index (Phi) is 4.79. The lowest BCUT2D eigenvalue weighted by molar-refractivity contribution is -0.124. The van der Waals surface area contributed by atoms with Gasteiger partial charge in [0.05, 0.1) is 11.6 Å². The highest BCUT2D eigenvalue weighted by atomic mass is 16.6. The monoisotopic (exact) mass is 324 g/mol. The predicted molar refractivity (Wildman–Crippen MR) is 91.7 cm³/mol. The number of anilines is 1. The van der Waals surface area contributed by atoms with E-state index in [1.165, 1.54) is 0 Å². The highest BCUT2D eigenvalue weighted by Gasteiger charge is 2.32. The SMILES string of the molecule is CNC(=O)C1Cc2ccccc2N(C(=O)OCc2ccccc2)C1. The Hall–Kier alpha value is -2.82. The molecule has 5 heteroatoms. The van der Waals surface area contributed by atoms with Gasteiger partial charge in [-0.05, 0) is 23.6 Å². The maximum absolute atomic E-state index is 12.6. The minimum absolute atomic E-state index is 0.0645. The van der Waals surface area contributed by atoms with Crippen LogP contribution in [0.5, 0.6) is 0 Å². The average molecular weight is 324 g/mol. The molecule has 24 heavy (non-hydrogen) atoms. The molecule has 2 aromatic rings. The molecule has 2 amide bonds. The van der Waals surface area contributed by atoms with E-state index >= 15 is 0 Å². The molecule has 0 aromatic heterocycles. The van der Waals surface area contributed by atoms with Gasteiger partial charge in [0.15, 0.2) is 0 Å². The smallest absolute Gasteiger partial charge is 0.414 e. The molecule has 1 aliphatic heterocycles. The van der Waals surface area contributed by atoms with E-state index in [4.69, 9.17) is 4.74 Å². The van der Waals surface area contributed by atoms with Crippen LogP contribution in [0.15, 0.2) is 54.6 Å². The molecular formula is C19H20N2O3. The molecule has 1 aliphatic rings. The Morgan fingerprint density at radius 1 is 1.12 bits per heavy atom. The first-order valence-corrected chi connectivity index (χ1v) is 7.96. The highest BCUT2D eigenvalue weighted by molar-refractivity contribution is 5.92. The summed E-state index contributed by atoms with van der Waals surface area (Å²) < 4.78 is 5.44. The van der Waals surface area contributed by atoms with Crippen molar-refractivity contribution in [2.75, 3.05) is 18.5 Å². The minimum atomic E-state index is -0.431. The Balaban J connectivity index is 1.77. The van der Waals surface area contributed by atoms with Gasteiger partial charge in [-0.15, -0.1) is 0 Å². The van der Waals surface area contributed by atoms with Gasteiger partial charge < -0.3 is 10.1 Å². The summed E-state index contributed by atoms with van der Waals surface area (Å²) in [5, 5.41) is 2.67. The van der Waals surface area contributed by atoms with Crippen LogP contribution in [0.3, 0.4) is 0 Å². The molecule has 3 rings (SSSR count). The zero-order valence-electron chi connectivity index (χ0n) is 13.6. The van der Waals surface area contributed by atoms with Crippen LogP contribution in [0.2, 0.25) is 0 Å². The van der Waals surface area contributed by atoms with Gasteiger partial charge in [0.2, 0.25) is 5.91 Å². The summed E-state index contributed by atoms with van der Waals surface area (Å²) in [7, 11) is 1.61. The van der Waals surface area contributed by atoms with Crippen LogP contribution in [0, 0.1) is 5.92 Å². The van der Waals surface area contributed by atoms with Crippen LogP contribution in [0.1, 0.15) is 11.1 Å². The molecule has 1 heterocycles. The maximum atomic E-state index is 12.6. The van der Waals surface area contributed by atoms with E-state index in [0.717, 1.165) is 16.8 Å². The molecule has 0 spiro atoms.